The number of carbonyl (C=O) groups excluding carboxylic acids is 2. The van der Waals surface area contributed by atoms with Gasteiger partial charge in [-0.3, -0.25) is 25.2 Å². The van der Waals surface area contributed by atoms with E-state index in [1.54, 1.807) is 43.3 Å². The number of hydrogen-bond acceptors (Lipinski definition) is 5. The van der Waals surface area contributed by atoms with Crippen molar-refractivity contribution in [2.75, 3.05) is 7.11 Å². The maximum Gasteiger partial charge on any atom is 0.310 e. The van der Waals surface area contributed by atoms with E-state index in [9.17, 15) is 19.5 Å². The zero-order valence-electron chi connectivity index (χ0n) is 13.7. The first kappa shape index (κ1) is 17.0. The molecular weight excluding hydrogens is 328 g/mol. The Balaban J connectivity index is 1.66. The van der Waals surface area contributed by atoms with Crippen LogP contribution in [-0.2, 0) is 14.3 Å². The molecule has 3 rings (SSSR count). The van der Waals surface area contributed by atoms with E-state index in [4.69, 9.17) is 9.47 Å². The molecule has 132 valence electrons. The number of hydrogen-bond donors (Lipinski definition) is 3. The number of nitrogens with one attached hydrogen (secondary N) is 2. The topological polar surface area (TPSA) is 114 Å². The fourth-order valence-corrected chi connectivity index (χ4v) is 3.29. The van der Waals surface area contributed by atoms with E-state index in [1.807, 2.05) is 0 Å². The highest BCUT2D eigenvalue weighted by Crippen LogP contribution is 2.46. The summed E-state index contributed by atoms with van der Waals surface area (Å²) in [7, 11) is 1.51. The average molecular weight is 346 g/mol. The minimum absolute atomic E-state index is 0.325. The second-order valence-corrected chi connectivity index (χ2v) is 6.14. The number of amides is 2. The van der Waals surface area contributed by atoms with Gasteiger partial charge in [0.1, 0.15) is 11.7 Å². The van der Waals surface area contributed by atoms with Gasteiger partial charge in [-0.2, -0.15) is 0 Å². The summed E-state index contributed by atoms with van der Waals surface area (Å²) in [5.74, 6) is -3.57. The molecule has 1 fully saturated rings. The quantitative estimate of drug-likeness (QED) is 0.540. The highest BCUT2D eigenvalue weighted by Gasteiger charge is 2.59. The molecule has 0 radical (unpaired) electrons. The van der Waals surface area contributed by atoms with E-state index >= 15 is 0 Å². The molecule has 2 heterocycles. The molecule has 0 aliphatic carbocycles. The van der Waals surface area contributed by atoms with E-state index in [1.165, 1.54) is 7.11 Å². The van der Waals surface area contributed by atoms with E-state index < -0.39 is 41.3 Å². The second-order valence-electron chi connectivity index (χ2n) is 6.14. The van der Waals surface area contributed by atoms with Crippen LogP contribution in [0.15, 0.2) is 36.4 Å². The van der Waals surface area contributed by atoms with Crippen molar-refractivity contribution in [3.8, 4) is 5.75 Å². The SMILES string of the molecule is COc1ccc(C(=O)NNC(=O)[C@@H]2[C@@H](C(=O)O)[C@H]3C=C[C@@]2(C)O3)cc1. The van der Waals surface area contributed by atoms with E-state index in [0.717, 1.165) is 0 Å². The maximum absolute atomic E-state index is 12.5. The van der Waals surface area contributed by atoms with Crippen LogP contribution in [0.5, 0.6) is 5.75 Å². The molecule has 1 aromatic carbocycles. The monoisotopic (exact) mass is 346 g/mol. The molecule has 1 aromatic rings. The van der Waals surface area contributed by atoms with Gasteiger partial charge in [0.15, 0.2) is 0 Å². The van der Waals surface area contributed by atoms with Gasteiger partial charge in [-0.05, 0) is 31.2 Å². The van der Waals surface area contributed by atoms with Crippen molar-refractivity contribution in [2.45, 2.75) is 18.6 Å². The lowest BCUT2D eigenvalue weighted by atomic mass is 9.76. The zero-order valence-corrected chi connectivity index (χ0v) is 13.7. The van der Waals surface area contributed by atoms with Gasteiger partial charge in [0.05, 0.1) is 24.7 Å². The third kappa shape index (κ3) is 2.96. The van der Waals surface area contributed by atoms with Crippen LogP contribution in [0.25, 0.3) is 0 Å². The van der Waals surface area contributed by atoms with Gasteiger partial charge in [-0.25, -0.2) is 0 Å². The summed E-state index contributed by atoms with van der Waals surface area (Å²) < 4.78 is 10.6. The first-order valence-electron chi connectivity index (χ1n) is 7.70. The van der Waals surface area contributed by atoms with Crippen molar-refractivity contribution in [3.05, 3.63) is 42.0 Å². The number of fused-ring (bicyclic) bond motifs is 2. The van der Waals surface area contributed by atoms with Gasteiger partial charge in [0.2, 0.25) is 5.91 Å². The Morgan fingerprint density at radius 1 is 1.20 bits per heavy atom. The summed E-state index contributed by atoms with van der Waals surface area (Å²) in [6.07, 6.45) is 2.70. The summed E-state index contributed by atoms with van der Waals surface area (Å²) >= 11 is 0. The molecule has 2 amide bonds. The molecule has 1 saturated heterocycles. The third-order valence-corrected chi connectivity index (χ3v) is 4.56. The molecule has 0 spiro atoms. The van der Waals surface area contributed by atoms with Crippen molar-refractivity contribution in [2.24, 2.45) is 11.8 Å². The first-order chi connectivity index (χ1) is 11.9. The Morgan fingerprint density at radius 2 is 1.88 bits per heavy atom. The molecule has 3 N–H and O–H groups in total. The summed E-state index contributed by atoms with van der Waals surface area (Å²) in [6, 6.07) is 6.33. The second kappa shape index (κ2) is 6.21. The molecular formula is C17H18N2O6. The van der Waals surface area contributed by atoms with Crippen LogP contribution >= 0.6 is 0 Å². The molecule has 2 aliphatic rings. The molecule has 2 aliphatic heterocycles. The Morgan fingerprint density at radius 3 is 2.48 bits per heavy atom. The Bertz CT molecular complexity index is 744. The lowest BCUT2D eigenvalue weighted by molar-refractivity contribution is -0.147. The highest BCUT2D eigenvalue weighted by molar-refractivity contribution is 5.96. The molecule has 0 aromatic heterocycles. The largest absolute Gasteiger partial charge is 0.497 e. The van der Waals surface area contributed by atoms with E-state index in [2.05, 4.69) is 10.9 Å². The zero-order chi connectivity index (χ0) is 18.2. The number of methoxy groups -OCH3 is 1. The van der Waals surface area contributed by atoms with Crippen molar-refractivity contribution in [1.29, 1.82) is 0 Å². The molecule has 8 nitrogen and oxygen atoms in total. The summed E-state index contributed by atoms with van der Waals surface area (Å²) in [5, 5.41) is 9.38. The number of ether oxygens (including phenoxy) is 2. The Labute approximate surface area is 143 Å². The van der Waals surface area contributed by atoms with Gasteiger partial charge >= 0.3 is 5.97 Å². The molecule has 2 bridgehead atoms. The number of carboxylic acid groups (broad SMARTS) is 1. The van der Waals surface area contributed by atoms with Crippen molar-refractivity contribution in [1.82, 2.24) is 10.9 Å². The lowest BCUT2D eigenvalue weighted by Gasteiger charge is -2.27. The number of carbonyl (C=O) groups is 3. The predicted molar refractivity (Wildman–Crippen MR) is 85.6 cm³/mol. The van der Waals surface area contributed by atoms with Crippen LogP contribution in [0.3, 0.4) is 0 Å². The molecule has 4 atom stereocenters. The number of hydrazine groups is 1. The number of aliphatic carboxylic acids is 1. The number of carboxylic acids is 1. The van der Waals surface area contributed by atoms with Crippen molar-refractivity contribution >= 4 is 17.8 Å². The van der Waals surface area contributed by atoms with Crippen LogP contribution in [0.1, 0.15) is 17.3 Å². The fourth-order valence-electron chi connectivity index (χ4n) is 3.29. The lowest BCUT2D eigenvalue weighted by Crippen LogP contribution is -2.52. The Kier molecular flexibility index (Phi) is 4.22. The predicted octanol–water partition coefficient (Wildman–Crippen LogP) is 0.501. The molecule has 8 heteroatoms. The fraction of sp³-hybridized carbons (Fsp3) is 0.353. The smallest absolute Gasteiger partial charge is 0.310 e. The third-order valence-electron chi connectivity index (χ3n) is 4.56. The van der Waals surface area contributed by atoms with Gasteiger partial charge in [0, 0.05) is 5.56 Å². The van der Waals surface area contributed by atoms with Gasteiger partial charge in [-0.1, -0.05) is 12.2 Å². The first-order valence-corrected chi connectivity index (χ1v) is 7.70. The van der Waals surface area contributed by atoms with Crippen LogP contribution in [0.2, 0.25) is 0 Å². The van der Waals surface area contributed by atoms with E-state index in [-0.39, 0.29) is 0 Å². The molecule has 0 unspecified atom stereocenters. The van der Waals surface area contributed by atoms with Crippen LogP contribution < -0.4 is 15.6 Å². The summed E-state index contributed by atoms with van der Waals surface area (Å²) in [4.78, 5) is 36.0. The Hall–Kier alpha value is -2.87. The maximum atomic E-state index is 12.5. The normalized spacial score (nSPS) is 29.3. The van der Waals surface area contributed by atoms with Crippen LogP contribution in [-0.4, -0.2) is 41.7 Å². The van der Waals surface area contributed by atoms with Crippen LogP contribution in [0, 0.1) is 11.8 Å². The summed E-state index contributed by atoms with van der Waals surface area (Å²) in [6.45, 7) is 1.65. The van der Waals surface area contributed by atoms with Crippen LogP contribution in [0.4, 0.5) is 0 Å². The van der Waals surface area contributed by atoms with E-state index in [0.29, 0.717) is 11.3 Å². The number of benzene rings is 1. The minimum Gasteiger partial charge on any atom is -0.497 e. The number of rotatable bonds is 4. The van der Waals surface area contributed by atoms with Gasteiger partial charge < -0.3 is 14.6 Å². The van der Waals surface area contributed by atoms with Gasteiger partial charge in [0.25, 0.3) is 5.91 Å². The highest BCUT2D eigenvalue weighted by atomic mass is 16.5. The standard InChI is InChI=1S/C17H18N2O6/c1-17-8-7-11(25-17)12(16(22)23)13(17)15(21)19-18-14(20)9-3-5-10(24-2)6-4-9/h3-8,11-13H,1-2H3,(H,18,20)(H,19,21)(H,22,23)/t11-,12+,13+,17-/m1/s1. The average Bonchev–Trinajstić information content (AvgIpc) is 3.12. The van der Waals surface area contributed by atoms with Crippen molar-refractivity contribution in [3.63, 3.8) is 0 Å². The molecule has 25 heavy (non-hydrogen) atoms. The minimum atomic E-state index is -1.11. The summed E-state index contributed by atoms with van der Waals surface area (Å²) in [5.41, 5.74) is 3.92. The molecule has 0 saturated carbocycles. The van der Waals surface area contributed by atoms with Gasteiger partial charge in [-0.15, -0.1) is 0 Å². The van der Waals surface area contributed by atoms with Crippen molar-refractivity contribution < 1.29 is 29.0 Å².